The van der Waals surface area contributed by atoms with Gasteiger partial charge < -0.3 is 20.5 Å². The van der Waals surface area contributed by atoms with E-state index < -0.39 is 6.10 Å². The summed E-state index contributed by atoms with van der Waals surface area (Å²) < 4.78 is 5.24. The van der Waals surface area contributed by atoms with Crippen LogP contribution in [-0.2, 0) is 6.54 Å². The highest BCUT2D eigenvalue weighted by Gasteiger charge is 2.30. The van der Waals surface area contributed by atoms with Gasteiger partial charge in [0.05, 0.1) is 13.2 Å². The molecular formula is C17H28N2O3. The number of hydrogen-bond acceptors (Lipinski definition) is 3. The van der Waals surface area contributed by atoms with Crippen molar-refractivity contribution in [1.82, 2.24) is 10.6 Å². The highest BCUT2D eigenvalue weighted by Crippen LogP contribution is 2.25. The molecule has 0 aliphatic rings. The quantitative estimate of drug-likeness (QED) is 0.725. The van der Waals surface area contributed by atoms with Crippen LogP contribution in [0.1, 0.15) is 33.3 Å². The molecule has 1 rings (SSSR count). The van der Waals surface area contributed by atoms with Crippen molar-refractivity contribution in [2.75, 3.05) is 13.7 Å². The molecule has 3 N–H and O–H groups in total. The predicted molar refractivity (Wildman–Crippen MR) is 87.9 cm³/mol. The van der Waals surface area contributed by atoms with Crippen LogP contribution in [0.4, 0.5) is 4.79 Å². The van der Waals surface area contributed by atoms with Gasteiger partial charge in [-0.15, -0.1) is 0 Å². The Hall–Kier alpha value is -1.75. The third-order valence-electron chi connectivity index (χ3n) is 3.77. The van der Waals surface area contributed by atoms with Crippen LogP contribution in [-0.4, -0.2) is 30.9 Å². The number of nitrogens with one attached hydrogen (secondary N) is 2. The zero-order valence-corrected chi connectivity index (χ0v) is 14.1. The van der Waals surface area contributed by atoms with E-state index in [9.17, 15) is 9.90 Å². The number of benzene rings is 1. The van der Waals surface area contributed by atoms with Gasteiger partial charge in [-0.2, -0.15) is 0 Å². The molecule has 0 radical (unpaired) electrons. The van der Waals surface area contributed by atoms with Gasteiger partial charge in [-0.3, -0.25) is 0 Å². The average molecular weight is 308 g/mol. The van der Waals surface area contributed by atoms with E-state index in [0.717, 1.165) is 11.3 Å². The highest BCUT2D eigenvalue weighted by molar-refractivity contribution is 5.73. The summed E-state index contributed by atoms with van der Waals surface area (Å²) in [6.45, 7) is 8.62. The van der Waals surface area contributed by atoms with Crippen molar-refractivity contribution in [1.29, 1.82) is 0 Å². The maximum Gasteiger partial charge on any atom is 0.315 e. The lowest BCUT2D eigenvalue weighted by Gasteiger charge is -2.33. The first-order chi connectivity index (χ1) is 10.3. The summed E-state index contributed by atoms with van der Waals surface area (Å²) >= 11 is 0. The molecule has 0 heterocycles. The molecule has 1 aromatic rings. The largest absolute Gasteiger partial charge is 0.496 e. The normalized spacial score (nSPS) is 12.9. The molecule has 1 aromatic carbocycles. The van der Waals surface area contributed by atoms with Crippen molar-refractivity contribution in [2.45, 2.75) is 40.3 Å². The van der Waals surface area contributed by atoms with Crippen molar-refractivity contribution in [3.8, 4) is 5.75 Å². The third-order valence-corrected chi connectivity index (χ3v) is 3.77. The minimum absolute atomic E-state index is 0.147. The number of methoxy groups -OCH3 is 1. The van der Waals surface area contributed by atoms with Crippen molar-refractivity contribution >= 4 is 6.03 Å². The van der Waals surface area contributed by atoms with Crippen LogP contribution in [0, 0.1) is 11.3 Å². The Labute approximate surface area is 133 Å². The van der Waals surface area contributed by atoms with E-state index >= 15 is 0 Å². The van der Waals surface area contributed by atoms with E-state index in [-0.39, 0.29) is 17.4 Å². The van der Waals surface area contributed by atoms with Gasteiger partial charge >= 0.3 is 6.03 Å². The number of rotatable bonds is 7. The zero-order valence-electron chi connectivity index (χ0n) is 14.1. The molecule has 0 aromatic heterocycles. The average Bonchev–Trinajstić information content (AvgIpc) is 2.50. The summed E-state index contributed by atoms with van der Waals surface area (Å²) in [7, 11) is 1.61. The van der Waals surface area contributed by atoms with E-state index in [4.69, 9.17) is 4.74 Å². The Balaban J connectivity index is 2.47. The first kappa shape index (κ1) is 18.3. The minimum Gasteiger partial charge on any atom is -0.496 e. The second-order valence-electron chi connectivity index (χ2n) is 6.53. The third kappa shape index (κ3) is 5.22. The number of carbonyl (C=O) groups is 1. The fourth-order valence-electron chi connectivity index (χ4n) is 2.40. The number of hydrogen-bond donors (Lipinski definition) is 3. The van der Waals surface area contributed by atoms with Crippen LogP contribution in [0.3, 0.4) is 0 Å². The molecule has 0 spiro atoms. The van der Waals surface area contributed by atoms with Gasteiger partial charge in [0.15, 0.2) is 0 Å². The Kier molecular flexibility index (Phi) is 6.68. The summed E-state index contributed by atoms with van der Waals surface area (Å²) in [5, 5.41) is 15.8. The highest BCUT2D eigenvalue weighted by atomic mass is 16.5. The van der Waals surface area contributed by atoms with E-state index in [1.54, 1.807) is 7.11 Å². The van der Waals surface area contributed by atoms with Gasteiger partial charge in [0.2, 0.25) is 0 Å². The van der Waals surface area contributed by atoms with E-state index in [1.165, 1.54) is 0 Å². The molecule has 0 fully saturated rings. The number of carbonyl (C=O) groups excluding carboxylic acids is 1. The van der Waals surface area contributed by atoms with Gasteiger partial charge in [-0.1, -0.05) is 45.9 Å². The molecule has 0 saturated heterocycles. The van der Waals surface area contributed by atoms with E-state index in [0.29, 0.717) is 13.1 Å². The fourth-order valence-corrected chi connectivity index (χ4v) is 2.40. The summed E-state index contributed by atoms with van der Waals surface area (Å²) in [5.74, 6) is 0.895. The number of para-hydroxylation sites is 1. The molecule has 5 nitrogen and oxygen atoms in total. The molecule has 1 unspecified atom stereocenters. The summed E-state index contributed by atoms with van der Waals surface area (Å²) in [6, 6.07) is 7.30. The molecule has 0 bridgehead atoms. The number of aliphatic hydroxyl groups excluding tert-OH is 1. The summed E-state index contributed by atoms with van der Waals surface area (Å²) in [5.41, 5.74) is 0.539. The van der Waals surface area contributed by atoms with Crippen LogP contribution >= 0.6 is 0 Å². The Morgan fingerprint density at radius 2 is 1.91 bits per heavy atom. The van der Waals surface area contributed by atoms with Gasteiger partial charge in [-0.05, 0) is 12.0 Å². The van der Waals surface area contributed by atoms with Crippen molar-refractivity contribution in [2.24, 2.45) is 11.3 Å². The Morgan fingerprint density at radius 1 is 1.27 bits per heavy atom. The van der Waals surface area contributed by atoms with E-state index in [1.807, 2.05) is 52.0 Å². The maximum atomic E-state index is 11.9. The predicted octanol–water partition coefficient (Wildman–Crippen LogP) is 2.54. The molecule has 1 atom stereocenters. The SMILES string of the molecule is COc1ccccc1CNC(=O)NCC(C)(C)C(O)C(C)C. The Bertz CT molecular complexity index is 487. The lowest BCUT2D eigenvalue weighted by Crippen LogP contribution is -2.46. The number of amides is 2. The topological polar surface area (TPSA) is 70.6 Å². The van der Waals surface area contributed by atoms with Crippen molar-refractivity contribution in [3.05, 3.63) is 29.8 Å². The lowest BCUT2D eigenvalue weighted by atomic mass is 9.81. The molecule has 22 heavy (non-hydrogen) atoms. The Morgan fingerprint density at radius 3 is 2.50 bits per heavy atom. The fraction of sp³-hybridized carbons (Fsp3) is 0.588. The number of aliphatic hydroxyl groups is 1. The monoisotopic (exact) mass is 308 g/mol. The molecule has 2 amide bonds. The second-order valence-corrected chi connectivity index (χ2v) is 6.53. The van der Waals surface area contributed by atoms with Crippen LogP contribution in [0.2, 0.25) is 0 Å². The molecule has 0 aliphatic carbocycles. The van der Waals surface area contributed by atoms with Crippen LogP contribution < -0.4 is 15.4 Å². The first-order valence-electron chi connectivity index (χ1n) is 7.59. The molecular weight excluding hydrogens is 280 g/mol. The summed E-state index contributed by atoms with van der Waals surface area (Å²) in [6.07, 6.45) is -0.470. The molecule has 0 aliphatic heterocycles. The smallest absolute Gasteiger partial charge is 0.315 e. The second kappa shape index (κ2) is 8.03. The van der Waals surface area contributed by atoms with Crippen LogP contribution in [0.15, 0.2) is 24.3 Å². The first-order valence-corrected chi connectivity index (χ1v) is 7.59. The van der Waals surface area contributed by atoms with Gasteiger partial charge in [0.1, 0.15) is 5.75 Å². The molecule has 0 saturated carbocycles. The van der Waals surface area contributed by atoms with Crippen molar-refractivity contribution < 1.29 is 14.6 Å². The van der Waals surface area contributed by atoms with Crippen LogP contribution in [0.5, 0.6) is 5.75 Å². The van der Waals surface area contributed by atoms with Gasteiger partial charge in [0, 0.05) is 24.1 Å². The number of urea groups is 1. The maximum absolute atomic E-state index is 11.9. The molecule has 5 heteroatoms. The zero-order chi connectivity index (χ0) is 16.8. The molecule has 124 valence electrons. The van der Waals surface area contributed by atoms with Crippen molar-refractivity contribution in [3.63, 3.8) is 0 Å². The van der Waals surface area contributed by atoms with Gasteiger partial charge in [0.25, 0.3) is 0 Å². The van der Waals surface area contributed by atoms with E-state index in [2.05, 4.69) is 10.6 Å². The minimum atomic E-state index is -0.470. The van der Waals surface area contributed by atoms with Gasteiger partial charge in [-0.25, -0.2) is 4.79 Å². The lowest BCUT2D eigenvalue weighted by molar-refractivity contribution is 0.0151. The summed E-state index contributed by atoms with van der Waals surface area (Å²) in [4.78, 5) is 11.9. The number of ether oxygens (including phenoxy) is 1. The van der Waals surface area contributed by atoms with Crippen LogP contribution in [0.25, 0.3) is 0 Å². The standard InChI is InChI=1S/C17H28N2O3/c1-12(2)15(20)17(3,4)11-19-16(21)18-10-13-8-6-7-9-14(13)22-5/h6-9,12,15,20H,10-11H2,1-5H3,(H2,18,19,21).